The first kappa shape index (κ1) is 19.0. The number of halogens is 1. The zero-order valence-electron chi connectivity index (χ0n) is 15.4. The molecule has 3 aromatic rings. The van der Waals surface area contributed by atoms with Crippen LogP contribution in [0.5, 0.6) is 5.75 Å². The maximum atomic E-state index is 12.6. The molecule has 1 atom stereocenters. The second-order valence-electron chi connectivity index (χ2n) is 6.51. The summed E-state index contributed by atoms with van der Waals surface area (Å²) in [7, 11) is 0. The quantitative estimate of drug-likeness (QED) is 0.635. The highest BCUT2D eigenvalue weighted by molar-refractivity contribution is 6.30. The van der Waals surface area contributed by atoms with E-state index in [2.05, 4.69) is 37.4 Å². The topological polar surface area (TPSA) is 38.3 Å². The first-order chi connectivity index (χ1) is 13.0. The highest BCUT2D eigenvalue weighted by Gasteiger charge is 2.19. The Morgan fingerprint density at radius 3 is 2.41 bits per heavy atom. The van der Waals surface area contributed by atoms with Gasteiger partial charge >= 0.3 is 0 Å². The van der Waals surface area contributed by atoms with Gasteiger partial charge in [0.25, 0.3) is 5.91 Å². The third-order valence-corrected chi connectivity index (χ3v) is 4.62. The highest BCUT2D eigenvalue weighted by atomic mass is 35.5. The zero-order valence-corrected chi connectivity index (χ0v) is 16.2. The lowest BCUT2D eigenvalue weighted by molar-refractivity contribution is -0.123. The van der Waals surface area contributed by atoms with Gasteiger partial charge < -0.3 is 10.1 Å². The number of amides is 1. The van der Waals surface area contributed by atoms with E-state index in [0.29, 0.717) is 10.8 Å². The molecular weight excluding hydrogens is 358 g/mol. The van der Waals surface area contributed by atoms with Crippen LogP contribution in [0.2, 0.25) is 5.02 Å². The summed E-state index contributed by atoms with van der Waals surface area (Å²) in [5.41, 5.74) is 4.41. The van der Waals surface area contributed by atoms with Crippen LogP contribution in [0, 0.1) is 13.8 Å². The Bertz CT molecular complexity index is 907. The Morgan fingerprint density at radius 1 is 1.00 bits per heavy atom. The molecule has 0 aromatic heterocycles. The number of hydrogen-bond acceptors (Lipinski definition) is 2. The summed E-state index contributed by atoms with van der Waals surface area (Å²) in [6.07, 6.45) is 0. The summed E-state index contributed by atoms with van der Waals surface area (Å²) in [5.74, 6) is 0.428. The van der Waals surface area contributed by atoms with Crippen LogP contribution in [0.25, 0.3) is 0 Å². The largest absolute Gasteiger partial charge is 0.484 e. The van der Waals surface area contributed by atoms with Gasteiger partial charge in [0.1, 0.15) is 5.75 Å². The van der Waals surface area contributed by atoms with E-state index in [1.807, 2.05) is 30.3 Å². The number of hydrogen-bond donors (Lipinski definition) is 1. The SMILES string of the molecule is Cc1ccc(C)c([C@@H](NC(=O)COc2ccc(Cl)cc2)c2ccccc2)c1. The van der Waals surface area contributed by atoms with Crippen molar-refractivity contribution < 1.29 is 9.53 Å². The van der Waals surface area contributed by atoms with E-state index in [-0.39, 0.29) is 18.6 Å². The minimum Gasteiger partial charge on any atom is -0.484 e. The lowest BCUT2D eigenvalue weighted by Crippen LogP contribution is -2.33. The summed E-state index contributed by atoms with van der Waals surface area (Å²) < 4.78 is 5.58. The van der Waals surface area contributed by atoms with Gasteiger partial charge in [0.2, 0.25) is 0 Å². The van der Waals surface area contributed by atoms with Crippen molar-refractivity contribution >= 4 is 17.5 Å². The van der Waals surface area contributed by atoms with Gasteiger partial charge in [-0.2, -0.15) is 0 Å². The Balaban J connectivity index is 1.78. The molecule has 0 spiro atoms. The second kappa shape index (κ2) is 8.74. The minimum absolute atomic E-state index is 0.0597. The molecule has 0 radical (unpaired) electrons. The van der Waals surface area contributed by atoms with E-state index in [0.717, 1.165) is 22.3 Å². The molecule has 1 amide bonds. The smallest absolute Gasteiger partial charge is 0.258 e. The summed E-state index contributed by atoms with van der Waals surface area (Å²) in [6, 6.07) is 23.0. The molecule has 0 aliphatic rings. The van der Waals surface area contributed by atoms with E-state index < -0.39 is 0 Å². The van der Waals surface area contributed by atoms with E-state index in [9.17, 15) is 4.79 Å². The third-order valence-electron chi connectivity index (χ3n) is 4.37. The standard InChI is InChI=1S/C23H22ClNO2/c1-16-8-9-17(2)21(14-16)23(18-6-4-3-5-7-18)25-22(26)15-27-20-12-10-19(24)11-13-20/h3-14,23H,15H2,1-2H3,(H,25,26)/t23-/m0/s1. The van der Waals surface area contributed by atoms with Gasteiger partial charge in [-0.25, -0.2) is 0 Å². The molecule has 0 aliphatic heterocycles. The molecule has 0 heterocycles. The van der Waals surface area contributed by atoms with Gasteiger partial charge in [0.15, 0.2) is 6.61 Å². The molecule has 4 heteroatoms. The number of ether oxygens (including phenoxy) is 1. The summed E-state index contributed by atoms with van der Waals surface area (Å²) in [6.45, 7) is 4.05. The second-order valence-corrected chi connectivity index (χ2v) is 6.95. The Morgan fingerprint density at radius 2 is 1.70 bits per heavy atom. The number of carbonyl (C=O) groups is 1. The van der Waals surface area contributed by atoms with Crippen LogP contribution in [-0.4, -0.2) is 12.5 Å². The summed E-state index contributed by atoms with van der Waals surface area (Å²) >= 11 is 5.87. The summed E-state index contributed by atoms with van der Waals surface area (Å²) in [4.78, 5) is 12.6. The number of carbonyl (C=O) groups excluding carboxylic acids is 1. The van der Waals surface area contributed by atoms with Crippen molar-refractivity contribution in [1.29, 1.82) is 0 Å². The van der Waals surface area contributed by atoms with Crippen molar-refractivity contribution in [3.63, 3.8) is 0 Å². The fourth-order valence-electron chi connectivity index (χ4n) is 2.94. The third kappa shape index (κ3) is 5.11. The van der Waals surface area contributed by atoms with Gasteiger partial charge in [-0.1, -0.05) is 65.7 Å². The molecule has 3 aromatic carbocycles. The van der Waals surface area contributed by atoms with E-state index in [1.54, 1.807) is 24.3 Å². The normalized spacial score (nSPS) is 11.7. The molecule has 0 aliphatic carbocycles. The van der Waals surface area contributed by atoms with Crippen LogP contribution in [0.3, 0.4) is 0 Å². The van der Waals surface area contributed by atoms with Crippen LogP contribution >= 0.6 is 11.6 Å². The van der Waals surface area contributed by atoms with Crippen LogP contribution in [0.1, 0.15) is 28.3 Å². The molecule has 0 bridgehead atoms. The Labute approximate surface area is 164 Å². The molecular formula is C23H22ClNO2. The van der Waals surface area contributed by atoms with Crippen molar-refractivity contribution in [2.24, 2.45) is 0 Å². The maximum Gasteiger partial charge on any atom is 0.258 e. The van der Waals surface area contributed by atoms with E-state index in [4.69, 9.17) is 16.3 Å². The van der Waals surface area contributed by atoms with Gasteiger partial charge in [-0.15, -0.1) is 0 Å². The predicted octanol–water partition coefficient (Wildman–Crippen LogP) is 5.24. The predicted molar refractivity (Wildman–Crippen MR) is 109 cm³/mol. The molecule has 0 unspecified atom stereocenters. The van der Waals surface area contributed by atoms with Crippen LogP contribution in [0.15, 0.2) is 72.8 Å². The number of benzene rings is 3. The first-order valence-electron chi connectivity index (χ1n) is 8.83. The molecule has 0 saturated heterocycles. The highest BCUT2D eigenvalue weighted by Crippen LogP contribution is 2.26. The fourth-order valence-corrected chi connectivity index (χ4v) is 3.07. The molecule has 27 heavy (non-hydrogen) atoms. The summed E-state index contributed by atoms with van der Waals surface area (Å²) in [5, 5.41) is 3.74. The monoisotopic (exact) mass is 379 g/mol. The van der Waals surface area contributed by atoms with Gasteiger partial charge in [-0.3, -0.25) is 4.79 Å². The molecule has 3 rings (SSSR count). The number of rotatable bonds is 6. The van der Waals surface area contributed by atoms with Crippen molar-refractivity contribution in [1.82, 2.24) is 5.32 Å². The Hall–Kier alpha value is -2.78. The average molecular weight is 380 g/mol. The first-order valence-corrected chi connectivity index (χ1v) is 9.20. The molecule has 138 valence electrons. The lowest BCUT2D eigenvalue weighted by Gasteiger charge is -2.22. The lowest BCUT2D eigenvalue weighted by atomic mass is 9.93. The molecule has 1 N–H and O–H groups in total. The van der Waals surface area contributed by atoms with Crippen LogP contribution in [0.4, 0.5) is 0 Å². The van der Waals surface area contributed by atoms with Gasteiger partial charge in [-0.05, 0) is 54.8 Å². The fraction of sp³-hybridized carbons (Fsp3) is 0.174. The van der Waals surface area contributed by atoms with Crippen LogP contribution < -0.4 is 10.1 Å². The van der Waals surface area contributed by atoms with Gasteiger partial charge in [0, 0.05) is 5.02 Å². The van der Waals surface area contributed by atoms with Gasteiger partial charge in [0.05, 0.1) is 6.04 Å². The van der Waals surface area contributed by atoms with Crippen molar-refractivity contribution in [3.8, 4) is 5.75 Å². The number of aryl methyl sites for hydroxylation is 2. The average Bonchev–Trinajstić information content (AvgIpc) is 2.68. The molecule has 3 nitrogen and oxygen atoms in total. The molecule has 0 saturated carbocycles. The molecule has 0 fully saturated rings. The zero-order chi connectivity index (χ0) is 19.2. The van der Waals surface area contributed by atoms with E-state index >= 15 is 0 Å². The van der Waals surface area contributed by atoms with Crippen molar-refractivity contribution in [2.75, 3.05) is 6.61 Å². The number of nitrogens with one attached hydrogen (secondary N) is 1. The maximum absolute atomic E-state index is 12.6. The van der Waals surface area contributed by atoms with Crippen LogP contribution in [-0.2, 0) is 4.79 Å². The van der Waals surface area contributed by atoms with E-state index in [1.165, 1.54) is 0 Å². The Kier molecular flexibility index (Phi) is 6.15. The minimum atomic E-state index is -0.229. The van der Waals surface area contributed by atoms with Crippen molar-refractivity contribution in [2.45, 2.75) is 19.9 Å². The van der Waals surface area contributed by atoms with Crippen molar-refractivity contribution in [3.05, 3.63) is 100 Å².